The molecule has 0 aliphatic heterocycles. The molecule has 0 aliphatic carbocycles. The lowest BCUT2D eigenvalue weighted by Gasteiger charge is -1.98. The Kier molecular flexibility index (Phi) is 4.31. The lowest BCUT2D eigenvalue weighted by atomic mass is 10.0. The minimum atomic E-state index is 0.583. The van der Waals surface area contributed by atoms with E-state index in [1.807, 2.05) is 37.4 Å². The van der Waals surface area contributed by atoms with Crippen LogP contribution in [0.2, 0.25) is 0 Å². The number of H-pyrrole nitrogens is 1. The summed E-state index contributed by atoms with van der Waals surface area (Å²) in [6.07, 6.45) is 8.69. The van der Waals surface area contributed by atoms with E-state index in [4.69, 9.17) is 0 Å². The number of allylic oxidation sites excluding steroid dienone is 4. The second-order valence-electron chi connectivity index (χ2n) is 4.16. The SMILES string of the molecule is C=CC(/C=C(\C#N)c1c[nH]c2ccccc12)=C\N=CC. The van der Waals surface area contributed by atoms with E-state index in [0.717, 1.165) is 22.0 Å². The van der Waals surface area contributed by atoms with E-state index < -0.39 is 0 Å². The molecule has 0 saturated heterocycles. The fourth-order valence-corrected chi connectivity index (χ4v) is 1.94. The first-order valence-corrected chi connectivity index (χ1v) is 6.29. The second-order valence-corrected chi connectivity index (χ2v) is 4.16. The third-order valence-corrected chi connectivity index (χ3v) is 2.92. The van der Waals surface area contributed by atoms with Crippen LogP contribution in [-0.2, 0) is 0 Å². The molecule has 2 aromatic rings. The summed E-state index contributed by atoms with van der Waals surface area (Å²) in [5.74, 6) is 0. The molecule has 0 radical (unpaired) electrons. The van der Waals surface area contributed by atoms with Crippen molar-refractivity contribution in [3.8, 4) is 6.07 Å². The number of hydrogen-bond donors (Lipinski definition) is 1. The zero-order valence-electron chi connectivity index (χ0n) is 11.3. The average Bonchev–Trinajstić information content (AvgIpc) is 2.92. The van der Waals surface area contributed by atoms with E-state index in [1.54, 1.807) is 24.6 Å². The minimum absolute atomic E-state index is 0.583. The van der Waals surface area contributed by atoms with Crippen LogP contribution in [0.4, 0.5) is 0 Å². The first-order chi connectivity index (χ1) is 9.80. The summed E-state index contributed by atoms with van der Waals surface area (Å²) in [4.78, 5) is 7.22. The third kappa shape index (κ3) is 2.76. The lowest BCUT2D eigenvalue weighted by Crippen LogP contribution is -1.81. The fraction of sp³-hybridized carbons (Fsp3) is 0.0588. The van der Waals surface area contributed by atoms with Crippen molar-refractivity contribution in [2.24, 2.45) is 4.99 Å². The highest BCUT2D eigenvalue weighted by molar-refractivity contribution is 5.96. The van der Waals surface area contributed by atoms with Gasteiger partial charge in [0, 0.05) is 35.1 Å². The van der Waals surface area contributed by atoms with Crippen LogP contribution in [0.25, 0.3) is 16.5 Å². The molecule has 0 saturated carbocycles. The normalized spacial score (nSPS) is 12.8. The molecule has 98 valence electrons. The fourth-order valence-electron chi connectivity index (χ4n) is 1.94. The van der Waals surface area contributed by atoms with Crippen molar-refractivity contribution in [3.05, 3.63) is 66.5 Å². The Morgan fingerprint density at radius 1 is 1.40 bits per heavy atom. The highest BCUT2D eigenvalue weighted by Gasteiger charge is 2.07. The summed E-state index contributed by atoms with van der Waals surface area (Å²) in [6.45, 7) is 5.58. The minimum Gasteiger partial charge on any atom is -0.361 e. The van der Waals surface area contributed by atoms with Crippen LogP contribution in [0.5, 0.6) is 0 Å². The van der Waals surface area contributed by atoms with Crippen LogP contribution < -0.4 is 0 Å². The maximum absolute atomic E-state index is 9.40. The van der Waals surface area contributed by atoms with Crippen molar-refractivity contribution in [3.63, 3.8) is 0 Å². The topological polar surface area (TPSA) is 51.9 Å². The molecule has 3 heteroatoms. The van der Waals surface area contributed by atoms with Gasteiger partial charge in [0.1, 0.15) is 0 Å². The van der Waals surface area contributed by atoms with Crippen LogP contribution in [0.3, 0.4) is 0 Å². The number of nitriles is 1. The Morgan fingerprint density at radius 2 is 2.20 bits per heavy atom. The van der Waals surface area contributed by atoms with Gasteiger partial charge in [-0.1, -0.05) is 30.9 Å². The Hall–Kier alpha value is -2.86. The molecule has 3 nitrogen and oxygen atoms in total. The van der Waals surface area contributed by atoms with E-state index >= 15 is 0 Å². The van der Waals surface area contributed by atoms with Crippen molar-refractivity contribution in [1.29, 1.82) is 5.26 Å². The Labute approximate surface area is 118 Å². The Bertz CT molecular complexity index is 752. The van der Waals surface area contributed by atoms with Gasteiger partial charge >= 0.3 is 0 Å². The van der Waals surface area contributed by atoms with Crippen molar-refractivity contribution in [2.75, 3.05) is 0 Å². The van der Waals surface area contributed by atoms with E-state index in [-0.39, 0.29) is 0 Å². The van der Waals surface area contributed by atoms with Gasteiger partial charge in [-0.25, -0.2) is 0 Å². The first kappa shape index (κ1) is 13.6. The highest BCUT2D eigenvalue weighted by atomic mass is 14.7. The van der Waals surface area contributed by atoms with Crippen LogP contribution in [-0.4, -0.2) is 11.2 Å². The number of aliphatic imine (C=N–C) groups is 1. The van der Waals surface area contributed by atoms with E-state index in [1.165, 1.54) is 0 Å². The molecular formula is C17H15N3. The van der Waals surface area contributed by atoms with Gasteiger partial charge in [0.2, 0.25) is 0 Å². The van der Waals surface area contributed by atoms with Crippen molar-refractivity contribution >= 4 is 22.7 Å². The molecule has 1 heterocycles. The second kappa shape index (κ2) is 6.35. The number of para-hydroxylation sites is 1. The van der Waals surface area contributed by atoms with Crippen molar-refractivity contribution < 1.29 is 0 Å². The first-order valence-electron chi connectivity index (χ1n) is 6.29. The largest absolute Gasteiger partial charge is 0.361 e. The summed E-state index contributed by atoms with van der Waals surface area (Å²) < 4.78 is 0. The quantitative estimate of drug-likeness (QED) is 0.499. The smallest absolute Gasteiger partial charge is 0.0998 e. The maximum Gasteiger partial charge on any atom is 0.0998 e. The number of aromatic nitrogens is 1. The predicted octanol–water partition coefficient (Wildman–Crippen LogP) is 4.24. The van der Waals surface area contributed by atoms with Gasteiger partial charge in [-0.2, -0.15) is 5.26 Å². The Morgan fingerprint density at radius 3 is 2.90 bits per heavy atom. The van der Waals surface area contributed by atoms with E-state index in [0.29, 0.717) is 5.57 Å². The summed E-state index contributed by atoms with van der Waals surface area (Å²) in [6, 6.07) is 10.1. The molecule has 0 unspecified atom stereocenters. The van der Waals surface area contributed by atoms with Crippen LogP contribution >= 0.6 is 0 Å². The van der Waals surface area contributed by atoms with E-state index in [2.05, 4.69) is 22.6 Å². The molecule has 2 rings (SSSR count). The van der Waals surface area contributed by atoms with Gasteiger partial charge in [0.05, 0.1) is 11.6 Å². The monoisotopic (exact) mass is 261 g/mol. The van der Waals surface area contributed by atoms with Crippen LogP contribution in [0.1, 0.15) is 12.5 Å². The number of aromatic amines is 1. The van der Waals surface area contributed by atoms with Gasteiger partial charge in [-0.3, -0.25) is 4.99 Å². The average molecular weight is 261 g/mol. The number of hydrogen-bond acceptors (Lipinski definition) is 2. The van der Waals surface area contributed by atoms with Crippen molar-refractivity contribution in [1.82, 2.24) is 4.98 Å². The van der Waals surface area contributed by atoms with E-state index in [9.17, 15) is 5.26 Å². The standard InChI is InChI=1S/C17H15N3/c1-3-13(11-19-4-2)9-14(10-18)16-12-20-17-8-6-5-7-15(16)17/h3-9,11-12,20H,1H2,2H3/b13-11+,14-9+,19-4?. The molecule has 0 atom stereocenters. The van der Waals surface area contributed by atoms with Crippen molar-refractivity contribution in [2.45, 2.75) is 6.92 Å². The van der Waals surface area contributed by atoms with Crippen LogP contribution in [0.15, 0.2) is 66.0 Å². The van der Waals surface area contributed by atoms with Gasteiger partial charge in [0.25, 0.3) is 0 Å². The zero-order chi connectivity index (χ0) is 14.4. The molecule has 0 bridgehead atoms. The molecule has 20 heavy (non-hydrogen) atoms. The molecular weight excluding hydrogens is 246 g/mol. The number of fused-ring (bicyclic) bond motifs is 1. The number of nitrogens with zero attached hydrogens (tertiary/aromatic N) is 2. The van der Waals surface area contributed by atoms with Gasteiger partial charge in [0.15, 0.2) is 0 Å². The Balaban J connectivity index is 2.52. The summed E-state index contributed by atoms with van der Waals surface area (Å²) in [5.41, 5.74) is 3.28. The predicted molar refractivity (Wildman–Crippen MR) is 84.3 cm³/mol. The molecule has 0 spiro atoms. The van der Waals surface area contributed by atoms with Crippen LogP contribution in [0, 0.1) is 11.3 Å². The number of rotatable bonds is 4. The van der Waals surface area contributed by atoms with Gasteiger partial charge in [-0.05, 0) is 24.6 Å². The number of nitrogens with one attached hydrogen (secondary N) is 1. The molecule has 0 amide bonds. The highest BCUT2D eigenvalue weighted by Crippen LogP contribution is 2.25. The zero-order valence-corrected chi connectivity index (χ0v) is 11.3. The molecule has 1 aromatic heterocycles. The summed E-state index contributed by atoms with van der Waals surface area (Å²) in [7, 11) is 0. The van der Waals surface area contributed by atoms with Gasteiger partial charge < -0.3 is 4.98 Å². The lowest BCUT2D eigenvalue weighted by molar-refractivity contribution is 1.46. The molecule has 0 aliphatic rings. The third-order valence-electron chi connectivity index (χ3n) is 2.92. The molecule has 0 fully saturated rings. The summed E-state index contributed by atoms with van der Waals surface area (Å²) in [5, 5.41) is 10.4. The molecule has 1 aromatic carbocycles. The summed E-state index contributed by atoms with van der Waals surface area (Å²) >= 11 is 0. The maximum atomic E-state index is 9.40. The molecule has 1 N–H and O–H groups in total. The number of benzene rings is 1. The van der Waals surface area contributed by atoms with Gasteiger partial charge in [-0.15, -0.1) is 0 Å².